The predicted octanol–water partition coefficient (Wildman–Crippen LogP) is 4.17. The molecule has 0 spiro atoms. The second kappa shape index (κ2) is 7.61. The molecule has 0 N–H and O–H groups in total. The molecule has 2 unspecified atom stereocenters. The Morgan fingerprint density at radius 3 is 2.78 bits per heavy atom. The molecule has 2 aliphatic rings. The van der Waals surface area contributed by atoms with Crippen molar-refractivity contribution in [2.45, 2.75) is 25.2 Å². The Bertz CT molecular complexity index is 885. The zero-order chi connectivity index (χ0) is 18.8. The van der Waals surface area contributed by atoms with Crippen LogP contribution in [0.4, 0.5) is 4.39 Å². The zero-order valence-corrected chi connectivity index (χ0v) is 15.7. The van der Waals surface area contributed by atoms with Gasteiger partial charge >= 0.3 is 0 Å². The number of ether oxygens (including phenoxy) is 1. The zero-order valence-electron chi connectivity index (χ0n) is 15.7. The molecule has 2 heterocycles. The highest BCUT2D eigenvalue weighted by Crippen LogP contribution is 2.47. The molecule has 1 aliphatic carbocycles. The maximum Gasteiger partial charge on any atom is 0.235 e. The second-order valence-corrected chi connectivity index (χ2v) is 7.19. The maximum atomic E-state index is 13.8. The van der Waals surface area contributed by atoms with E-state index in [1.54, 1.807) is 31.6 Å². The van der Waals surface area contributed by atoms with E-state index in [-0.39, 0.29) is 17.7 Å². The van der Waals surface area contributed by atoms with E-state index in [1.807, 2.05) is 6.07 Å². The van der Waals surface area contributed by atoms with Crippen LogP contribution >= 0.6 is 0 Å². The standard InChI is InChI=1S/C22H24FN3O/c1-15(21-22(27-2)25-9-8-24-21)20-16(7-12-26-10-3-4-11-26)13-17-14-18(23)5-6-19(17)20/h3-6,8-9,13-15,20H,7,10-12H2,1-2H3. The Morgan fingerprint density at radius 2 is 2.00 bits per heavy atom. The fraction of sp³-hybridized carbons (Fsp3) is 0.364. The number of halogens is 1. The lowest BCUT2D eigenvalue weighted by molar-refractivity contribution is 0.352. The van der Waals surface area contributed by atoms with Gasteiger partial charge in [-0.15, -0.1) is 0 Å². The van der Waals surface area contributed by atoms with Crippen LogP contribution in [0, 0.1) is 5.82 Å². The third-order valence-electron chi connectivity index (χ3n) is 5.55. The number of rotatable bonds is 6. The van der Waals surface area contributed by atoms with Crippen LogP contribution in [0.15, 0.2) is 48.3 Å². The van der Waals surface area contributed by atoms with Crippen molar-refractivity contribution in [2.24, 2.45) is 0 Å². The molecule has 4 nitrogen and oxygen atoms in total. The third kappa shape index (κ3) is 3.52. The summed E-state index contributed by atoms with van der Waals surface area (Å²) in [6.45, 7) is 5.16. The fourth-order valence-electron chi connectivity index (χ4n) is 4.22. The van der Waals surface area contributed by atoms with Crippen LogP contribution in [0.2, 0.25) is 0 Å². The van der Waals surface area contributed by atoms with Crippen molar-refractivity contribution in [1.29, 1.82) is 0 Å². The minimum absolute atomic E-state index is 0.0864. The van der Waals surface area contributed by atoms with Gasteiger partial charge < -0.3 is 4.74 Å². The lowest BCUT2D eigenvalue weighted by atomic mass is 9.81. The Morgan fingerprint density at radius 1 is 1.22 bits per heavy atom. The Labute approximate surface area is 159 Å². The van der Waals surface area contributed by atoms with Gasteiger partial charge in [0.05, 0.1) is 7.11 Å². The van der Waals surface area contributed by atoms with Crippen molar-refractivity contribution in [3.8, 4) is 5.88 Å². The van der Waals surface area contributed by atoms with Gasteiger partial charge in [-0.05, 0) is 29.7 Å². The van der Waals surface area contributed by atoms with E-state index >= 15 is 0 Å². The van der Waals surface area contributed by atoms with E-state index in [4.69, 9.17) is 4.74 Å². The molecule has 140 valence electrons. The molecule has 27 heavy (non-hydrogen) atoms. The maximum absolute atomic E-state index is 13.8. The summed E-state index contributed by atoms with van der Waals surface area (Å²) < 4.78 is 19.2. The number of methoxy groups -OCH3 is 1. The molecule has 4 rings (SSSR count). The van der Waals surface area contributed by atoms with Gasteiger partial charge in [0, 0.05) is 43.9 Å². The first-order valence-electron chi connectivity index (χ1n) is 9.39. The minimum atomic E-state index is -0.196. The summed E-state index contributed by atoms with van der Waals surface area (Å²) in [5, 5.41) is 0. The third-order valence-corrected chi connectivity index (χ3v) is 5.55. The van der Waals surface area contributed by atoms with Gasteiger partial charge in [0.15, 0.2) is 0 Å². The first-order valence-corrected chi connectivity index (χ1v) is 9.39. The molecule has 2 aromatic rings. The molecule has 0 bridgehead atoms. The number of hydrogen-bond acceptors (Lipinski definition) is 4. The first-order chi connectivity index (χ1) is 13.2. The highest BCUT2D eigenvalue weighted by molar-refractivity contribution is 5.67. The van der Waals surface area contributed by atoms with E-state index in [9.17, 15) is 4.39 Å². The Kier molecular flexibility index (Phi) is 5.03. The van der Waals surface area contributed by atoms with Crippen molar-refractivity contribution >= 4 is 6.08 Å². The Hall–Kier alpha value is -2.53. The van der Waals surface area contributed by atoms with Crippen molar-refractivity contribution in [3.63, 3.8) is 0 Å². The van der Waals surface area contributed by atoms with Crippen LogP contribution in [-0.2, 0) is 0 Å². The number of hydrogen-bond donors (Lipinski definition) is 0. The van der Waals surface area contributed by atoms with E-state index < -0.39 is 0 Å². The molecule has 1 aromatic carbocycles. The largest absolute Gasteiger partial charge is 0.480 e. The average Bonchev–Trinajstić information content (AvgIpc) is 3.32. The number of fused-ring (bicyclic) bond motifs is 1. The molecule has 5 heteroatoms. The van der Waals surface area contributed by atoms with Gasteiger partial charge in [0.1, 0.15) is 11.5 Å². The summed E-state index contributed by atoms with van der Waals surface area (Å²) in [5.74, 6) is 0.604. The normalized spacial score (nSPS) is 19.8. The monoisotopic (exact) mass is 365 g/mol. The summed E-state index contributed by atoms with van der Waals surface area (Å²) >= 11 is 0. The molecule has 0 amide bonds. The van der Waals surface area contributed by atoms with Gasteiger partial charge in [-0.2, -0.15) is 0 Å². The van der Waals surface area contributed by atoms with Crippen LogP contribution in [0.25, 0.3) is 6.08 Å². The lowest BCUT2D eigenvalue weighted by Gasteiger charge is -2.26. The van der Waals surface area contributed by atoms with E-state index in [0.29, 0.717) is 5.88 Å². The summed E-state index contributed by atoms with van der Waals surface area (Å²) in [5.41, 5.74) is 4.30. The average molecular weight is 365 g/mol. The quantitative estimate of drug-likeness (QED) is 0.720. The highest BCUT2D eigenvalue weighted by Gasteiger charge is 2.33. The molecular weight excluding hydrogens is 341 g/mol. The predicted molar refractivity (Wildman–Crippen MR) is 104 cm³/mol. The van der Waals surface area contributed by atoms with Crippen LogP contribution in [0.5, 0.6) is 5.88 Å². The van der Waals surface area contributed by atoms with Crippen LogP contribution in [-0.4, -0.2) is 41.6 Å². The van der Waals surface area contributed by atoms with Crippen LogP contribution < -0.4 is 4.74 Å². The molecule has 1 aromatic heterocycles. The van der Waals surface area contributed by atoms with Gasteiger partial charge in [-0.1, -0.05) is 36.8 Å². The van der Waals surface area contributed by atoms with Gasteiger partial charge in [-0.25, -0.2) is 9.37 Å². The topological polar surface area (TPSA) is 38.3 Å². The number of nitrogens with zero attached hydrogens (tertiary/aromatic N) is 3. The smallest absolute Gasteiger partial charge is 0.235 e. The van der Waals surface area contributed by atoms with E-state index in [2.05, 4.69) is 40.0 Å². The van der Waals surface area contributed by atoms with Crippen molar-refractivity contribution in [1.82, 2.24) is 14.9 Å². The molecule has 0 fully saturated rings. The fourth-order valence-corrected chi connectivity index (χ4v) is 4.22. The highest BCUT2D eigenvalue weighted by atomic mass is 19.1. The summed E-state index contributed by atoms with van der Waals surface area (Å²) in [4.78, 5) is 11.3. The molecule has 1 aliphatic heterocycles. The SMILES string of the molecule is COc1nccnc1C(C)C1C(CCN2CC=CC2)=Cc2cc(F)ccc21. The lowest BCUT2D eigenvalue weighted by Crippen LogP contribution is -2.22. The summed E-state index contributed by atoms with van der Waals surface area (Å²) in [6.07, 6.45) is 10.9. The van der Waals surface area contributed by atoms with Crippen molar-refractivity contribution < 1.29 is 9.13 Å². The van der Waals surface area contributed by atoms with Crippen LogP contribution in [0.1, 0.15) is 42.0 Å². The molecule has 2 atom stereocenters. The number of benzene rings is 1. The van der Waals surface area contributed by atoms with Gasteiger partial charge in [-0.3, -0.25) is 9.88 Å². The van der Waals surface area contributed by atoms with Gasteiger partial charge in [0.25, 0.3) is 0 Å². The first kappa shape index (κ1) is 17.9. The molecule has 0 radical (unpaired) electrons. The van der Waals surface area contributed by atoms with Crippen molar-refractivity contribution in [2.75, 3.05) is 26.7 Å². The van der Waals surface area contributed by atoms with Gasteiger partial charge in [0.2, 0.25) is 5.88 Å². The van der Waals surface area contributed by atoms with E-state index in [1.165, 1.54) is 5.57 Å². The minimum Gasteiger partial charge on any atom is -0.480 e. The molecule has 0 saturated carbocycles. The number of aromatic nitrogens is 2. The molecular formula is C22H24FN3O. The van der Waals surface area contributed by atoms with E-state index in [0.717, 1.165) is 42.9 Å². The van der Waals surface area contributed by atoms with Crippen molar-refractivity contribution in [3.05, 3.63) is 71.0 Å². The molecule has 0 saturated heterocycles. The summed E-state index contributed by atoms with van der Waals surface area (Å²) in [6, 6.07) is 5.09. The Balaban J connectivity index is 1.65. The summed E-state index contributed by atoms with van der Waals surface area (Å²) in [7, 11) is 1.62. The second-order valence-electron chi connectivity index (χ2n) is 7.19. The van der Waals surface area contributed by atoms with Crippen LogP contribution in [0.3, 0.4) is 0 Å².